The maximum Gasteiger partial charge on any atom is 0.409 e. The lowest BCUT2D eigenvalue weighted by Crippen LogP contribution is -2.05. The standard InChI is InChI=1S/C27H21F7/c28-23-12-17(16-4-2-1-3-5-16)6-8-20(23)18-7-9-21(24(29)13-18)19-14-25(30)22(26(31)15-19)10-11-27(32,33)34/h6-16H,1-5H2/b11-10+. The van der Waals surface area contributed by atoms with Gasteiger partial charge in [0.1, 0.15) is 23.3 Å². The molecule has 0 aromatic heterocycles. The van der Waals surface area contributed by atoms with Gasteiger partial charge in [-0.2, -0.15) is 13.2 Å². The molecule has 0 atom stereocenters. The number of alkyl halides is 3. The first-order valence-corrected chi connectivity index (χ1v) is 11.0. The highest BCUT2D eigenvalue weighted by atomic mass is 19.4. The van der Waals surface area contributed by atoms with Gasteiger partial charge in [0.2, 0.25) is 0 Å². The van der Waals surface area contributed by atoms with Crippen molar-refractivity contribution in [3.63, 3.8) is 0 Å². The molecule has 0 aliphatic heterocycles. The van der Waals surface area contributed by atoms with Crippen LogP contribution in [-0.4, -0.2) is 6.18 Å². The third-order valence-corrected chi connectivity index (χ3v) is 6.18. The summed E-state index contributed by atoms with van der Waals surface area (Å²) >= 11 is 0. The van der Waals surface area contributed by atoms with Gasteiger partial charge in [0.25, 0.3) is 0 Å². The zero-order valence-corrected chi connectivity index (χ0v) is 18.0. The van der Waals surface area contributed by atoms with E-state index < -0.39 is 35.0 Å². The maximum absolute atomic E-state index is 14.9. The molecule has 3 aromatic rings. The van der Waals surface area contributed by atoms with E-state index >= 15 is 0 Å². The van der Waals surface area contributed by atoms with E-state index in [0.717, 1.165) is 49.4 Å². The fraction of sp³-hybridized carbons (Fsp3) is 0.259. The number of hydrogen-bond donors (Lipinski definition) is 0. The van der Waals surface area contributed by atoms with E-state index in [1.807, 2.05) is 6.07 Å². The third kappa shape index (κ3) is 5.34. The summed E-state index contributed by atoms with van der Waals surface area (Å²) in [5, 5.41) is 0. The molecule has 1 saturated carbocycles. The number of hydrogen-bond acceptors (Lipinski definition) is 0. The molecule has 7 heteroatoms. The van der Waals surface area contributed by atoms with Crippen molar-refractivity contribution in [2.24, 2.45) is 0 Å². The summed E-state index contributed by atoms with van der Waals surface area (Å²) in [5.41, 5.74) is 0.167. The predicted octanol–water partition coefficient (Wildman–Crippen LogP) is 9.20. The molecule has 1 aliphatic carbocycles. The summed E-state index contributed by atoms with van der Waals surface area (Å²) in [6.45, 7) is 0. The van der Waals surface area contributed by atoms with Crippen molar-refractivity contribution < 1.29 is 30.7 Å². The van der Waals surface area contributed by atoms with E-state index in [1.54, 1.807) is 6.07 Å². The second-order valence-electron chi connectivity index (χ2n) is 8.50. The zero-order chi connectivity index (χ0) is 24.5. The predicted molar refractivity (Wildman–Crippen MR) is 118 cm³/mol. The highest BCUT2D eigenvalue weighted by Gasteiger charge is 2.23. The molecule has 3 aromatic carbocycles. The average molecular weight is 478 g/mol. The summed E-state index contributed by atoms with van der Waals surface area (Å²) in [6.07, 6.45) is 0.709. The molecule has 0 heterocycles. The normalized spacial score (nSPS) is 15.3. The second kappa shape index (κ2) is 9.65. The molecule has 0 nitrogen and oxygen atoms in total. The van der Waals surface area contributed by atoms with Gasteiger partial charge in [-0.05, 0) is 65.8 Å². The van der Waals surface area contributed by atoms with Gasteiger partial charge in [-0.3, -0.25) is 0 Å². The fourth-order valence-corrected chi connectivity index (χ4v) is 4.45. The molecule has 1 aliphatic rings. The quantitative estimate of drug-likeness (QED) is 0.328. The van der Waals surface area contributed by atoms with Crippen LogP contribution in [-0.2, 0) is 0 Å². The Hall–Kier alpha value is -3.09. The molecule has 0 spiro atoms. The van der Waals surface area contributed by atoms with E-state index in [2.05, 4.69) is 0 Å². The molecule has 178 valence electrons. The summed E-state index contributed by atoms with van der Waals surface area (Å²) in [5.74, 6) is -3.53. The van der Waals surface area contributed by atoms with Crippen molar-refractivity contribution in [2.45, 2.75) is 44.2 Å². The first-order chi connectivity index (χ1) is 16.1. The topological polar surface area (TPSA) is 0 Å². The van der Waals surface area contributed by atoms with Crippen molar-refractivity contribution in [1.29, 1.82) is 0 Å². The highest BCUT2D eigenvalue weighted by molar-refractivity contribution is 5.72. The van der Waals surface area contributed by atoms with E-state index in [0.29, 0.717) is 5.92 Å². The minimum Gasteiger partial charge on any atom is -0.206 e. The number of rotatable bonds is 4. The molecule has 0 bridgehead atoms. The molecule has 4 rings (SSSR count). The van der Waals surface area contributed by atoms with Gasteiger partial charge in [-0.15, -0.1) is 0 Å². The van der Waals surface area contributed by atoms with Crippen LogP contribution in [0.25, 0.3) is 28.3 Å². The summed E-state index contributed by atoms with van der Waals surface area (Å²) in [4.78, 5) is 0. The van der Waals surface area contributed by atoms with Crippen LogP contribution in [0, 0.1) is 23.3 Å². The third-order valence-electron chi connectivity index (χ3n) is 6.18. The Morgan fingerprint density at radius 3 is 1.79 bits per heavy atom. The van der Waals surface area contributed by atoms with Gasteiger partial charge in [0.15, 0.2) is 0 Å². The van der Waals surface area contributed by atoms with Crippen molar-refractivity contribution >= 4 is 6.08 Å². The van der Waals surface area contributed by atoms with Crippen LogP contribution in [0.5, 0.6) is 0 Å². The molecule has 0 saturated heterocycles. The van der Waals surface area contributed by atoms with E-state index in [9.17, 15) is 30.7 Å². The molecule has 34 heavy (non-hydrogen) atoms. The smallest absolute Gasteiger partial charge is 0.206 e. The summed E-state index contributed by atoms with van der Waals surface area (Å²) < 4.78 is 95.2. The number of allylic oxidation sites excluding steroid dienone is 1. The first kappa shape index (κ1) is 24.0. The largest absolute Gasteiger partial charge is 0.409 e. The average Bonchev–Trinajstić information content (AvgIpc) is 2.78. The van der Waals surface area contributed by atoms with Crippen molar-refractivity contribution in [3.8, 4) is 22.3 Å². The van der Waals surface area contributed by atoms with Gasteiger partial charge in [0, 0.05) is 22.8 Å². The lowest BCUT2D eigenvalue weighted by Gasteiger charge is -2.22. The van der Waals surface area contributed by atoms with Gasteiger partial charge in [0.05, 0.1) is 0 Å². The van der Waals surface area contributed by atoms with Crippen molar-refractivity contribution in [2.75, 3.05) is 0 Å². The van der Waals surface area contributed by atoms with Gasteiger partial charge in [-0.25, -0.2) is 17.6 Å². The van der Waals surface area contributed by atoms with Gasteiger partial charge in [-0.1, -0.05) is 43.5 Å². The Morgan fingerprint density at radius 2 is 1.21 bits per heavy atom. The monoisotopic (exact) mass is 478 g/mol. The van der Waals surface area contributed by atoms with Crippen molar-refractivity contribution in [1.82, 2.24) is 0 Å². The molecule has 0 amide bonds. The number of halogens is 7. The number of benzene rings is 3. The van der Waals surface area contributed by atoms with Gasteiger partial charge >= 0.3 is 6.18 Å². The van der Waals surface area contributed by atoms with Crippen LogP contribution in [0.1, 0.15) is 49.1 Å². The van der Waals surface area contributed by atoms with Crippen molar-refractivity contribution in [3.05, 3.63) is 89.0 Å². The van der Waals surface area contributed by atoms with Crippen LogP contribution in [0.2, 0.25) is 0 Å². The summed E-state index contributed by atoms with van der Waals surface area (Å²) in [7, 11) is 0. The van der Waals surface area contributed by atoms with Gasteiger partial charge < -0.3 is 0 Å². The molecule has 0 radical (unpaired) electrons. The SMILES string of the molecule is Fc1cc(-c2ccc(C3CCCCC3)cc2F)ccc1-c1cc(F)c(/C=C/C(F)(F)F)c(F)c1. The zero-order valence-electron chi connectivity index (χ0n) is 18.0. The lowest BCUT2D eigenvalue weighted by atomic mass is 9.83. The Bertz CT molecular complexity index is 1200. The van der Waals surface area contributed by atoms with Crippen LogP contribution in [0.4, 0.5) is 30.7 Å². The van der Waals surface area contributed by atoms with Crippen LogP contribution < -0.4 is 0 Å². The van der Waals surface area contributed by atoms with E-state index in [4.69, 9.17) is 0 Å². The van der Waals surface area contributed by atoms with Crippen LogP contribution in [0.3, 0.4) is 0 Å². The Labute approximate surface area is 192 Å². The minimum atomic E-state index is -4.73. The molecule has 1 fully saturated rings. The highest BCUT2D eigenvalue weighted by Crippen LogP contribution is 2.36. The van der Waals surface area contributed by atoms with Crippen LogP contribution in [0.15, 0.2) is 54.6 Å². The minimum absolute atomic E-state index is 0.160. The molecule has 0 N–H and O–H groups in total. The van der Waals surface area contributed by atoms with E-state index in [-0.39, 0.29) is 34.4 Å². The summed E-state index contributed by atoms with van der Waals surface area (Å²) in [6, 6.07) is 10.2. The molecular formula is C27H21F7. The molecular weight excluding hydrogens is 457 g/mol. The lowest BCUT2D eigenvalue weighted by molar-refractivity contribution is -0.0790. The Morgan fingerprint density at radius 1 is 0.647 bits per heavy atom. The first-order valence-electron chi connectivity index (χ1n) is 11.0. The Balaban J connectivity index is 1.62. The van der Waals surface area contributed by atoms with E-state index in [1.165, 1.54) is 24.6 Å². The van der Waals surface area contributed by atoms with Crippen LogP contribution >= 0.6 is 0 Å². The maximum atomic E-state index is 14.9. The molecule has 0 unspecified atom stereocenters. The fourth-order valence-electron chi connectivity index (χ4n) is 4.45. The Kier molecular flexibility index (Phi) is 6.82. The second-order valence-corrected chi connectivity index (χ2v) is 8.50.